The van der Waals surface area contributed by atoms with Crippen LogP contribution in [0, 0.1) is 18.8 Å². The Morgan fingerprint density at radius 1 is 0.873 bits per heavy atom. The topological polar surface area (TPSA) is 118 Å². The predicted molar refractivity (Wildman–Crippen MR) is 210 cm³/mol. The molecule has 1 saturated carbocycles. The van der Waals surface area contributed by atoms with Crippen LogP contribution in [-0.4, -0.2) is 71.0 Å². The quantitative estimate of drug-likeness (QED) is 0.125. The highest BCUT2D eigenvalue weighted by atomic mass is 32.1. The van der Waals surface area contributed by atoms with E-state index in [-0.39, 0.29) is 24.0 Å². The molecule has 4 aromatic carbocycles. The summed E-state index contributed by atoms with van der Waals surface area (Å²) < 4.78 is 19.8. The first-order valence-corrected chi connectivity index (χ1v) is 19.9. The van der Waals surface area contributed by atoms with Crippen LogP contribution in [0.15, 0.2) is 84.9 Å². The number of thiophene rings is 1. The molecule has 282 valence electrons. The van der Waals surface area contributed by atoms with E-state index in [4.69, 9.17) is 14.2 Å². The summed E-state index contributed by atoms with van der Waals surface area (Å²) in [6.07, 6.45) is 3.97. The molecule has 4 heterocycles. The van der Waals surface area contributed by atoms with Gasteiger partial charge in [0.15, 0.2) is 5.75 Å². The van der Waals surface area contributed by atoms with Crippen molar-refractivity contribution in [3.05, 3.63) is 102 Å². The summed E-state index contributed by atoms with van der Waals surface area (Å²) in [4.78, 5) is 42.1. The molecule has 10 nitrogen and oxygen atoms in total. The number of aryl methyl sites for hydroxylation is 1. The van der Waals surface area contributed by atoms with Crippen LogP contribution < -0.4 is 19.5 Å². The zero-order valence-electron chi connectivity index (χ0n) is 30.7. The Hall–Kier alpha value is -5.39. The molecular formula is C44H43N3O7S. The number of fused-ring (bicyclic) bond motifs is 4. The lowest BCUT2D eigenvalue weighted by molar-refractivity contribution is -0.136. The van der Waals surface area contributed by atoms with E-state index in [2.05, 4.69) is 41.4 Å². The minimum atomic E-state index is -0.617. The molecule has 3 aliphatic heterocycles. The zero-order chi connectivity index (χ0) is 37.6. The number of piperidine rings is 2. The Bertz CT molecular complexity index is 2270. The van der Waals surface area contributed by atoms with Gasteiger partial charge in [-0.05, 0) is 116 Å². The van der Waals surface area contributed by atoms with Gasteiger partial charge in [0.25, 0.3) is 5.91 Å². The van der Waals surface area contributed by atoms with Gasteiger partial charge < -0.3 is 24.2 Å². The fraction of sp³-hybridized carbons (Fsp3) is 0.341. The van der Waals surface area contributed by atoms with Crippen molar-refractivity contribution in [2.45, 2.75) is 57.7 Å². The second-order valence-electron chi connectivity index (χ2n) is 15.2. The number of ether oxygens (including phenoxy) is 3. The Morgan fingerprint density at radius 3 is 2.44 bits per heavy atom. The number of phenols is 1. The van der Waals surface area contributed by atoms with Crippen LogP contribution in [0.3, 0.4) is 0 Å². The SMILES string of the molecule is Cc1ccc(-c2sc3cc(O)ccc3c2Oc2ccc(OCCN3C[C@@H]4C[C@H]3CC4CCOc3ccc4c(c3)CN([C@H]3CCC(=O)NC3=O)C4=O)cc2)cc1. The molecular weight excluding hydrogens is 715 g/mol. The average molecular weight is 758 g/mol. The van der Waals surface area contributed by atoms with Crippen molar-refractivity contribution in [2.24, 2.45) is 11.8 Å². The third-order valence-corrected chi connectivity index (χ3v) is 12.9. The number of carbonyl (C=O) groups is 3. The highest BCUT2D eigenvalue weighted by molar-refractivity contribution is 7.22. The second kappa shape index (κ2) is 14.7. The van der Waals surface area contributed by atoms with Crippen LogP contribution in [0.25, 0.3) is 20.5 Å². The number of rotatable bonds is 12. The molecule has 1 unspecified atom stereocenters. The van der Waals surface area contributed by atoms with Crippen LogP contribution in [-0.2, 0) is 16.1 Å². The van der Waals surface area contributed by atoms with Gasteiger partial charge in [0.1, 0.15) is 35.6 Å². The first kappa shape index (κ1) is 35.3. The molecule has 0 radical (unpaired) electrons. The Labute approximate surface area is 323 Å². The molecule has 3 fully saturated rings. The van der Waals surface area contributed by atoms with Gasteiger partial charge in [-0.3, -0.25) is 24.6 Å². The molecule has 2 N–H and O–H groups in total. The van der Waals surface area contributed by atoms with Crippen LogP contribution in [0.2, 0.25) is 0 Å². The van der Waals surface area contributed by atoms with Crippen LogP contribution >= 0.6 is 11.3 Å². The Kier molecular flexibility index (Phi) is 9.43. The van der Waals surface area contributed by atoms with Gasteiger partial charge in [-0.1, -0.05) is 29.8 Å². The highest BCUT2D eigenvalue weighted by Gasteiger charge is 2.44. The molecule has 0 spiro atoms. The van der Waals surface area contributed by atoms with Crippen molar-refractivity contribution in [3.63, 3.8) is 0 Å². The first-order chi connectivity index (χ1) is 26.8. The van der Waals surface area contributed by atoms with E-state index in [1.54, 1.807) is 34.4 Å². The van der Waals surface area contributed by atoms with E-state index in [0.29, 0.717) is 49.6 Å². The lowest BCUT2D eigenvalue weighted by Crippen LogP contribution is -2.52. The number of aromatic hydroxyl groups is 1. The number of carbonyl (C=O) groups excluding carboxylic acids is 3. The molecule has 2 saturated heterocycles. The summed E-state index contributed by atoms with van der Waals surface area (Å²) in [5.74, 6) is 3.73. The third-order valence-electron chi connectivity index (χ3n) is 11.7. The molecule has 55 heavy (non-hydrogen) atoms. The number of phenolic OH excluding ortho intramolecular Hbond substituents is 1. The smallest absolute Gasteiger partial charge is 0.255 e. The van der Waals surface area contributed by atoms with E-state index >= 15 is 0 Å². The molecule has 2 bridgehead atoms. The van der Waals surface area contributed by atoms with Crippen molar-refractivity contribution < 1.29 is 33.7 Å². The fourth-order valence-electron chi connectivity index (χ4n) is 8.81. The van der Waals surface area contributed by atoms with Gasteiger partial charge in [-0.2, -0.15) is 0 Å². The number of hydrogen-bond donors (Lipinski definition) is 2. The maximum absolute atomic E-state index is 13.0. The molecule has 3 amide bonds. The first-order valence-electron chi connectivity index (χ1n) is 19.1. The van der Waals surface area contributed by atoms with Gasteiger partial charge in [0.05, 0.1) is 11.5 Å². The van der Waals surface area contributed by atoms with E-state index in [1.807, 2.05) is 42.5 Å². The van der Waals surface area contributed by atoms with Crippen LogP contribution in [0.1, 0.15) is 53.6 Å². The molecule has 11 heteroatoms. The lowest BCUT2D eigenvalue weighted by Gasteiger charge is -2.31. The van der Waals surface area contributed by atoms with Crippen LogP contribution in [0.4, 0.5) is 0 Å². The Balaban J connectivity index is 0.733. The fourth-order valence-corrected chi connectivity index (χ4v) is 9.98. The molecule has 1 aliphatic carbocycles. The van der Waals surface area contributed by atoms with Gasteiger partial charge in [-0.25, -0.2) is 0 Å². The summed E-state index contributed by atoms with van der Waals surface area (Å²) in [6, 6.07) is 27.1. The number of likely N-dealkylation sites (tertiary alicyclic amines) is 1. The molecule has 4 atom stereocenters. The minimum Gasteiger partial charge on any atom is -0.508 e. The van der Waals surface area contributed by atoms with E-state index in [9.17, 15) is 19.5 Å². The summed E-state index contributed by atoms with van der Waals surface area (Å²) in [7, 11) is 0. The van der Waals surface area contributed by atoms with E-state index in [0.717, 1.165) is 68.6 Å². The molecule has 5 aromatic rings. The summed E-state index contributed by atoms with van der Waals surface area (Å²) in [6.45, 7) is 5.64. The number of benzene rings is 4. The molecule has 1 aromatic heterocycles. The number of nitrogens with zero attached hydrogens (tertiary/aromatic N) is 2. The van der Waals surface area contributed by atoms with Crippen molar-refractivity contribution in [1.82, 2.24) is 15.1 Å². The maximum atomic E-state index is 13.0. The second-order valence-corrected chi connectivity index (χ2v) is 16.3. The summed E-state index contributed by atoms with van der Waals surface area (Å²) in [5.41, 5.74) is 3.73. The number of nitrogens with one attached hydrogen (secondary N) is 1. The van der Waals surface area contributed by atoms with Crippen molar-refractivity contribution in [2.75, 3.05) is 26.3 Å². The summed E-state index contributed by atoms with van der Waals surface area (Å²) >= 11 is 1.61. The van der Waals surface area contributed by atoms with Gasteiger partial charge in [-0.15, -0.1) is 11.3 Å². The van der Waals surface area contributed by atoms with Gasteiger partial charge >= 0.3 is 0 Å². The lowest BCUT2D eigenvalue weighted by atomic mass is 9.92. The molecule has 4 aliphatic rings. The average Bonchev–Trinajstić information content (AvgIpc) is 3.94. The van der Waals surface area contributed by atoms with Crippen molar-refractivity contribution in [3.8, 4) is 39.2 Å². The van der Waals surface area contributed by atoms with Crippen molar-refractivity contribution >= 4 is 39.1 Å². The highest BCUT2D eigenvalue weighted by Crippen LogP contribution is 2.47. The van der Waals surface area contributed by atoms with Crippen molar-refractivity contribution in [1.29, 1.82) is 0 Å². The number of hydrogen-bond acceptors (Lipinski definition) is 9. The van der Waals surface area contributed by atoms with E-state index in [1.165, 1.54) is 18.4 Å². The third kappa shape index (κ3) is 7.14. The maximum Gasteiger partial charge on any atom is 0.255 e. The Morgan fingerprint density at radius 2 is 1.65 bits per heavy atom. The van der Waals surface area contributed by atoms with Gasteiger partial charge in [0, 0.05) is 47.7 Å². The molecule has 9 rings (SSSR count). The predicted octanol–water partition coefficient (Wildman–Crippen LogP) is 7.69. The largest absolute Gasteiger partial charge is 0.508 e. The zero-order valence-corrected chi connectivity index (χ0v) is 31.5. The number of imide groups is 1. The van der Waals surface area contributed by atoms with Crippen LogP contribution in [0.5, 0.6) is 28.7 Å². The standard InChI is InChI=1S/C44H43N3O7S/c1-26-2-4-27(5-3-26)42-41(37-12-6-32(48)23-39(37)55-42)54-34-9-7-33(8-10-34)53-19-17-46-24-29-21-31(46)20-28(29)16-18-52-35-11-13-36-30(22-35)25-47(44(36)51)38-14-15-40(49)45-43(38)50/h2-13,22-23,28-29,31,38,48H,14-21,24-25H2,1H3,(H,45,49,50)/t28?,29-,31+,38-/m0/s1. The number of amides is 3. The van der Waals surface area contributed by atoms with Gasteiger partial charge in [0.2, 0.25) is 11.8 Å². The normalized spacial score (nSPS) is 22.0. The minimum absolute atomic E-state index is 0.171. The summed E-state index contributed by atoms with van der Waals surface area (Å²) in [5, 5.41) is 13.4. The monoisotopic (exact) mass is 757 g/mol. The van der Waals surface area contributed by atoms with E-state index < -0.39 is 11.9 Å².